The van der Waals surface area contributed by atoms with Crippen molar-refractivity contribution < 1.29 is 19.1 Å². The molecule has 8 heteroatoms. The Morgan fingerprint density at radius 1 is 1.32 bits per heavy atom. The normalized spacial score (nSPS) is 17.4. The number of carbonyl (C=O) groups is 2. The van der Waals surface area contributed by atoms with Crippen LogP contribution in [0.25, 0.3) is 0 Å². The molecule has 1 aliphatic heterocycles. The van der Waals surface area contributed by atoms with Crippen molar-refractivity contribution in [2.45, 2.75) is 12.1 Å². The summed E-state index contributed by atoms with van der Waals surface area (Å²) in [5.74, 6) is 0.0768. The molecule has 2 N–H and O–H groups in total. The molecule has 2 aromatic rings. The molecule has 1 aliphatic rings. The van der Waals surface area contributed by atoms with Crippen molar-refractivity contribution >= 4 is 23.6 Å². The molecule has 0 saturated carbocycles. The predicted molar refractivity (Wildman–Crippen MR) is 90.5 cm³/mol. The average Bonchev–Trinajstić information content (AvgIpc) is 3.07. The number of alkyl carbamates (subject to hydrolysis) is 1. The van der Waals surface area contributed by atoms with Crippen molar-refractivity contribution in [3.8, 4) is 5.88 Å². The van der Waals surface area contributed by atoms with Crippen LogP contribution in [-0.4, -0.2) is 36.7 Å². The number of carbonyl (C=O) groups excluding carboxylic acids is 2. The maximum absolute atomic E-state index is 12.4. The summed E-state index contributed by atoms with van der Waals surface area (Å²) < 4.78 is 10.00. The number of hydrogen-bond donors (Lipinski definition) is 2. The highest BCUT2D eigenvalue weighted by molar-refractivity contribution is 6.30. The van der Waals surface area contributed by atoms with Gasteiger partial charge in [-0.05, 0) is 29.3 Å². The van der Waals surface area contributed by atoms with E-state index >= 15 is 0 Å². The largest absolute Gasteiger partial charge is 0.481 e. The molecule has 0 radical (unpaired) electrons. The topological polar surface area (TPSA) is 89.6 Å². The number of benzene rings is 1. The summed E-state index contributed by atoms with van der Waals surface area (Å²) in [4.78, 5) is 27.8. The molecular weight excluding hydrogens is 346 g/mol. The van der Waals surface area contributed by atoms with Crippen LogP contribution in [0.4, 0.5) is 4.79 Å². The number of rotatable bonds is 5. The maximum Gasteiger partial charge on any atom is 0.408 e. The summed E-state index contributed by atoms with van der Waals surface area (Å²) >= 11 is 5.95. The molecule has 2 atom stereocenters. The fraction of sp³-hybridized carbons (Fsp3) is 0.235. The van der Waals surface area contributed by atoms with Gasteiger partial charge < -0.3 is 20.1 Å². The Morgan fingerprint density at radius 3 is 2.60 bits per heavy atom. The summed E-state index contributed by atoms with van der Waals surface area (Å²) in [6.45, 7) is 0.138. The molecule has 3 rings (SSSR count). The summed E-state index contributed by atoms with van der Waals surface area (Å²) in [6.07, 6.45) is 0.153. The standard InChI is InChI=1S/C17H16ClN3O4/c1-24-14-7-4-11(8-19-14)15(10-2-5-12(18)6-3-10)21-16(22)13-9-20-17(23)25-13/h2-8,13,15H,9H2,1H3,(H,20,23)(H,21,22)/t13-,15-/m0/s1. The first kappa shape index (κ1) is 17.0. The molecule has 2 heterocycles. The Bertz CT molecular complexity index is 764. The number of hydrogen-bond acceptors (Lipinski definition) is 5. The van der Waals surface area contributed by atoms with E-state index in [2.05, 4.69) is 15.6 Å². The Balaban J connectivity index is 1.86. The van der Waals surface area contributed by atoms with E-state index in [9.17, 15) is 9.59 Å². The van der Waals surface area contributed by atoms with Crippen LogP contribution >= 0.6 is 11.6 Å². The molecule has 0 spiro atoms. The lowest BCUT2D eigenvalue weighted by molar-refractivity contribution is -0.128. The smallest absolute Gasteiger partial charge is 0.408 e. The Morgan fingerprint density at radius 2 is 2.04 bits per heavy atom. The molecule has 0 unspecified atom stereocenters. The molecule has 7 nitrogen and oxygen atoms in total. The van der Waals surface area contributed by atoms with Gasteiger partial charge in [0.1, 0.15) is 0 Å². The summed E-state index contributed by atoms with van der Waals surface area (Å²) in [5.41, 5.74) is 1.58. The van der Waals surface area contributed by atoms with E-state index in [4.69, 9.17) is 21.1 Å². The lowest BCUT2D eigenvalue weighted by Crippen LogP contribution is -2.39. The van der Waals surface area contributed by atoms with Crippen LogP contribution in [-0.2, 0) is 9.53 Å². The Labute approximate surface area is 149 Å². The van der Waals surface area contributed by atoms with Crippen LogP contribution in [0.3, 0.4) is 0 Å². The van der Waals surface area contributed by atoms with E-state index in [1.165, 1.54) is 7.11 Å². The van der Waals surface area contributed by atoms with Crippen molar-refractivity contribution in [1.29, 1.82) is 0 Å². The number of nitrogens with one attached hydrogen (secondary N) is 2. The van der Waals surface area contributed by atoms with Crippen molar-refractivity contribution in [3.05, 3.63) is 58.7 Å². The van der Waals surface area contributed by atoms with Gasteiger partial charge in [-0.2, -0.15) is 0 Å². The van der Waals surface area contributed by atoms with E-state index < -0.39 is 24.1 Å². The van der Waals surface area contributed by atoms with Crippen LogP contribution in [0.15, 0.2) is 42.6 Å². The molecule has 1 saturated heterocycles. The molecule has 1 aromatic carbocycles. The fourth-order valence-electron chi connectivity index (χ4n) is 2.47. The number of nitrogens with zero attached hydrogens (tertiary/aromatic N) is 1. The number of pyridine rings is 1. The monoisotopic (exact) mass is 361 g/mol. The van der Waals surface area contributed by atoms with E-state index in [0.29, 0.717) is 10.9 Å². The molecule has 0 bridgehead atoms. The second-order valence-corrected chi connectivity index (χ2v) is 5.84. The summed E-state index contributed by atoms with van der Waals surface area (Å²) in [6, 6.07) is 10.2. The number of cyclic esters (lactones) is 1. The highest BCUT2D eigenvalue weighted by Gasteiger charge is 2.31. The van der Waals surface area contributed by atoms with Gasteiger partial charge >= 0.3 is 6.09 Å². The van der Waals surface area contributed by atoms with Gasteiger partial charge in [-0.25, -0.2) is 9.78 Å². The molecule has 130 valence electrons. The number of halogens is 1. The molecule has 2 amide bonds. The number of ether oxygens (including phenoxy) is 2. The van der Waals surface area contributed by atoms with Crippen LogP contribution in [0.5, 0.6) is 5.88 Å². The SMILES string of the molecule is COc1ccc([C@@H](NC(=O)[C@@H]2CNC(=O)O2)c2ccc(Cl)cc2)cn1. The third-order valence-corrected chi connectivity index (χ3v) is 4.02. The highest BCUT2D eigenvalue weighted by atomic mass is 35.5. The maximum atomic E-state index is 12.4. The lowest BCUT2D eigenvalue weighted by atomic mass is 10.00. The second-order valence-electron chi connectivity index (χ2n) is 5.40. The minimum atomic E-state index is -0.867. The van der Waals surface area contributed by atoms with Gasteiger partial charge in [-0.1, -0.05) is 23.7 Å². The van der Waals surface area contributed by atoms with E-state index in [1.807, 2.05) is 18.2 Å². The van der Waals surface area contributed by atoms with Crippen LogP contribution < -0.4 is 15.4 Å². The van der Waals surface area contributed by atoms with Crippen molar-refractivity contribution in [2.24, 2.45) is 0 Å². The minimum Gasteiger partial charge on any atom is -0.481 e. The first-order valence-corrected chi connectivity index (χ1v) is 7.95. The molecular formula is C17H16ClN3O4. The number of aromatic nitrogens is 1. The highest BCUT2D eigenvalue weighted by Crippen LogP contribution is 2.24. The molecule has 0 aliphatic carbocycles. The van der Waals surface area contributed by atoms with Crippen molar-refractivity contribution in [2.75, 3.05) is 13.7 Å². The van der Waals surface area contributed by atoms with E-state index in [0.717, 1.165) is 11.1 Å². The average molecular weight is 362 g/mol. The van der Waals surface area contributed by atoms with Gasteiger partial charge in [0.2, 0.25) is 5.88 Å². The van der Waals surface area contributed by atoms with Crippen LogP contribution in [0.2, 0.25) is 5.02 Å². The summed E-state index contributed by atoms with van der Waals surface area (Å²) in [7, 11) is 1.53. The quantitative estimate of drug-likeness (QED) is 0.850. The Hall–Kier alpha value is -2.80. The Kier molecular flexibility index (Phi) is 5.04. The van der Waals surface area contributed by atoms with Crippen LogP contribution in [0, 0.1) is 0 Å². The van der Waals surface area contributed by atoms with Gasteiger partial charge in [0.25, 0.3) is 5.91 Å². The van der Waals surface area contributed by atoms with Crippen LogP contribution in [0.1, 0.15) is 17.2 Å². The second kappa shape index (κ2) is 7.40. The lowest BCUT2D eigenvalue weighted by Gasteiger charge is -2.21. The van der Waals surface area contributed by atoms with Gasteiger partial charge in [0, 0.05) is 17.3 Å². The van der Waals surface area contributed by atoms with E-state index in [-0.39, 0.29) is 6.54 Å². The van der Waals surface area contributed by atoms with Crippen molar-refractivity contribution in [1.82, 2.24) is 15.6 Å². The number of amides is 2. The molecule has 1 fully saturated rings. The zero-order chi connectivity index (χ0) is 17.8. The summed E-state index contributed by atoms with van der Waals surface area (Å²) in [5, 5.41) is 5.94. The predicted octanol–water partition coefficient (Wildman–Crippen LogP) is 2.06. The minimum absolute atomic E-state index is 0.138. The zero-order valence-electron chi connectivity index (χ0n) is 13.4. The molecule has 1 aromatic heterocycles. The van der Waals surface area contributed by atoms with Gasteiger partial charge in [-0.3, -0.25) is 4.79 Å². The first-order chi connectivity index (χ1) is 12.1. The van der Waals surface area contributed by atoms with E-state index in [1.54, 1.807) is 24.4 Å². The third kappa shape index (κ3) is 4.00. The fourth-order valence-corrected chi connectivity index (χ4v) is 2.59. The third-order valence-electron chi connectivity index (χ3n) is 3.77. The zero-order valence-corrected chi connectivity index (χ0v) is 14.1. The van der Waals surface area contributed by atoms with Crippen molar-refractivity contribution in [3.63, 3.8) is 0 Å². The first-order valence-electron chi connectivity index (χ1n) is 7.57. The molecule has 25 heavy (non-hydrogen) atoms. The van der Waals surface area contributed by atoms with Gasteiger partial charge in [-0.15, -0.1) is 0 Å². The van der Waals surface area contributed by atoms with Gasteiger partial charge in [0.15, 0.2) is 6.10 Å². The number of methoxy groups -OCH3 is 1. The van der Waals surface area contributed by atoms with Gasteiger partial charge in [0.05, 0.1) is 19.7 Å².